The third kappa shape index (κ3) is 58.1. The molecule has 0 rings (SSSR count). The van der Waals surface area contributed by atoms with Gasteiger partial charge in [-0.2, -0.15) is 0 Å². The Kier molecular flexibility index (Phi) is 58.5. The molecule has 0 aliphatic heterocycles. The van der Waals surface area contributed by atoms with E-state index in [2.05, 4.69) is 69.4 Å². The molecule has 0 fully saturated rings. The number of hydrogen-bond acceptors (Lipinski definition) is 10. The molecule has 0 aromatic carbocycles. The second kappa shape index (κ2) is 60.5. The summed E-state index contributed by atoms with van der Waals surface area (Å²) in [7, 11) is -4.75. The van der Waals surface area contributed by atoms with Crippen LogP contribution < -0.4 is 0 Å². The maximum atomic E-state index is 13.0. The topological polar surface area (TPSA) is 155 Å². The van der Waals surface area contributed by atoms with Crippen LogP contribution >= 0.6 is 7.82 Å². The van der Waals surface area contributed by atoms with Crippen LogP contribution in [-0.2, 0) is 42.2 Å². The molecule has 0 amide bonds. The lowest BCUT2D eigenvalue weighted by molar-refractivity contribution is -0.161. The van der Waals surface area contributed by atoms with Crippen molar-refractivity contribution in [3.63, 3.8) is 0 Å². The summed E-state index contributed by atoms with van der Waals surface area (Å²) in [4.78, 5) is 48.7. The van der Waals surface area contributed by atoms with E-state index in [9.17, 15) is 28.9 Å². The molecular weight excluding hydrogens is 1000 g/mol. The molecule has 0 aliphatic carbocycles. The van der Waals surface area contributed by atoms with E-state index in [0.29, 0.717) is 19.3 Å². The van der Waals surface area contributed by atoms with Crippen molar-refractivity contribution < 1.29 is 52.2 Å². The molecule has 456 valence electrons. The third-order valence-corrected chi connectivity index (χ3v) is 15.2. The van der Waals surface area contributed by atoms with Crippen molar-refractivity contribution in [2.75, 3.05) is 26.4 Å². The predicted molar refractivity (Wildman–Crippen MR) is 325 cm³/mol. The molecule has 0 bridgehead atoms. The van der Waals surface area contributed by atoms with Gasteiger partial charge in [-0.3, -0.25) is 23.4 Å². The molecule has 3 unspecified atom stereocenters. The summed E-state index contributed by atoms with van der Waals surface area (Å²) in [6.45, 7) is 4.65. The van der Waals surface area contributed by atoms with Gasteiger partial charge < -0.3 is 24.2 Å². The molecule has 2 N–H and O–H groups in total. The number of phosphoric acid groups is 1. The van der Waals surface area contributed by atoms with Gasteiger partial charge in [0.25, 0.3) is 0 Å². The van der Waals surface area contributed by atoms with E-state index in [4.69, 9.17) is 23.3 Å². The lowest BCUT2D eigenvalue weighted by Gasteiger charge is -2.21. The molecular formula is C66H121O11P. The van der Waals surface area contributed by atoms with Gasteiger partial charge in [0.05, 0.1) is 19.8 Å². The van der Waals surface area contributed by atoms with Crippen LogP contribution in [-0.4, -0.2) is 66.5 Å². The number of unbranched alkanes of at least 4 members (excludes halogenated alkanes) is 36. The number of allylic oxidation sites excluding steroid dienone is 8. The molecule has 78 heavy (non-hydrogen) atoms. The van der Waals surface area contributed by atoms with E-state index in [0.717, 1.165) is 89.9 Å². The van der Waals surface area contributed by atoms with Crippen LogP contribution in [0.15, 0.2) is 48.6 Å². The number of hydrogen-bond donors (Lipinski definition) is 2. The van der Waals surface area contributed by atoms with Crippen LogP contribution in [0.5, 0.6) is 0 Å². The van der Waals surface area contributed by atoms with Crippen LogP contribution in [0, 0.1) is 0 Å². The van der Waals surface area contributed by atoms with Gasteiger partial charge in [-0.15, -0.1) is 0 Å². The van der Waals surface area contributed by atoms with Crippen LogP contribution in [0.25, 0.3) is 0 Å². The van der Waals surface area contributed by atoms with Crippen LogP contribution in [0.4, 0.5) is 0 Å². The molecule has 12 heteroatoms. The maximum Gasteiger partial charge on any atom is 0.472 e. The Bertz CT molecular complexity index is 1490. The lowest BCUT2D eigenvalue weighted by Crippen LogP contribution is -2.30. The van der Waals surface area contributed by atoms with E-state index in [1.165, 1.54) is 167 Å². The fraction of sp³-hybridized carbons (Fsp3) is 0.833. The smallest absolute Gasteiger partial charge is 0.462 e. The summed E-state index contributed by atoms with van der Waals surface area (Å²) in [6, 6.07) is 0. The average molecular weight is 1120 g/mol. The number of aliphatic hydroxyl groups is 1. The number of aliphatic hydroxyl groups excluding tert-OH is 1. The molecule has 0 aromatic rings. The van der Waals surface area contributed by atoms with E-state index in [1.54, 1.807) is 0 Å². The summed E-state index contributed by atoms with van der Waals surface area (Å²) >= 11 is 0. The quantitative estimate of drug-likeness (QED) is 0.0197. The Labute approximate surface area is 479 Å². The van der Waals surface area contributed by atoms with Crippen molar-refractivity contribution >= 4 is 25.7 Å². The van der Waals surface area contributed by atoms with Crippen molar-refractivity contribution in [1.29, 1.82) is 0 Å². The molecule has 0 aliphatic rings. The highest BCUT2D eigenvalue weighted by molar-refractivity contribution is 7.47. The summed E-state index contributed by atoms with van der Waals surface area (Å²) in [6.07, 6.45) is 66.3. The SMILES string of the molecule is CCCCC/C=C\C/C=C\C/C=C\CCCCCCCCC(=O)OCC(COP(=O)(O)OCC(CO)OC(=O)CCCCCCCCCCCCCCC)OC(=O)CCCCCCCCCCC/C=C\CCCCCCCC. The fourth-order valence-electron chi connectivity index (χ4n) is 9.24. The highest BCUT2D eigenvalue weighted by Gasteiger charge is 2.28. The van der Waals surface area contributed by atoms with E-state index in [-0.39, 0.29) is 25.9 Å². The van der Waals surface area contributed by atoms with Crippen molar-refractivity contribution in [3.8, 4) is 0 Å². The van der Waals surface area contributed by atoms with Gasteiger partial charge in [0.2, 0.25) is 0 Å². The largest absolute Gasteiger partial charge is 0.472 e. The van der Waals surface area contributed by atoms with Crippen molar-refractivity contribution in [3.05, 3.63) is 48.6 Å². The van der Waals surface area contributed by atoms with Crippen molar-refractivity contribution in [1.82, 2.24) is 0 Å². The maximum absolute atomic E-state index is 13.0. The second-order valence-electron chi connectivity index (χ2n) is 21.9. The Morgan fingerprint density at radius 1 is 0.359 bits per heavy atom. The van der Waals surface area contributed by atoms with E-state index >= 15 is 0 Å². The first-order chi connectivity index (χ1) is 38.2. The number of ether oxygens (including phenoxy) is 3. The summed E-state index contributed by atoms with van der Waals surface area (Å²) in [5.74, 6) is -1.46. The molecule has 11 nitrogen and oxygen atoms in total. The standard InChI is InChI=1S/C66H121O11P/c1-4-7-10-13-16-19-22-25-27-29-31-33-35-38-40-43-46-49-52-55-64(68)73-59-63(77-66(70)57-54-51-48-45-42-39-36-34-32-30-28-26-23-20-17-14-11-8-5-2)61-75-78(71,72)74-60-62(58-67)76-65(69)56-53-50-47-44-41-37-24-21-18-15-12-9-6-3/h16,19,25-28,31,33,62-63,67H,4-15,17-18,20-24,29-30,32,34-61H2,1-3H3,(H,71,72)/b19-16-,27-25-,28-26-,33-31-. The minimum atomic E-state index is -4.75. The monoisotopic (exact) mass is 1120 g/mol. The van der Waals surface area contributed by atoms with Gasteiger partial charge >= 0.3 is 25.7 Å². The predicted octanol–water partition coefficient (Wildman–Crippen LogP) is 19.7. The molecule has 0 aromatic heterocycles. The minimum absolute atomic E-state index is 0.165. The van der Waals surface area contributed by atoms with Gasteiger partial charge in [-0.25, -0.2) is 4.57 Å². The minimum Gasteiger partial charge on any atom is -0.462 e. The Hall–Kier alpha value is -2.56. The first-order valence-electron chi connectivity index (χ1n) is 32.5. The molecule has 0 heterocycles. The molecule has 0 saturated heterocycles. The van der Waals surface area contributed by atoms with Gasteiger partial charge in [0.15, 0.2) is 6.10 Å². The summed E-state index contributed by atoms with van der Waals surface area (Å²) in [5.41, 5.74) is 0. The number of phosphoric ester groups is 1. The third-order valence-electron chi connectivity index (χ3n) is 14.2. The summed E-state index contributed by atoms with van der Waals surface area (Å²) < 4.78 is 39.7. The first-order valence-corrected chi connectivity index (χ1v) is 34.0. The van der Waals surface area contributed by atoms with Crippen molar-refractivity contribution in [2.45, 2.75) is 328 Å². The molecule has 3 atom stereocenters. The molecule has 0 saturated carbocycles. The van der Waals surface area contributed by atoms with Crippen LogP contribution in [0.2, 0.25) is 0 Å². The Morgan fingerprint density at radius 2 is 0.628 bits per heavy atom. The van der Waals surface area contributed by atoms with Gasteiger partial charge in [0, 0.05) is 19.3 Å². The Morgan fingerprint density at radius 3 is 1.00 bits per heavy atom. The zero-order valence-electron chi connectivity index (χ0n) is 50.6. The van der Waals surface area contributed by atoms with E-state index in [1.807, 2.05) is 0 Å². The molecule has 0 spiro atoms. The molecule has 0 radical (unpaired) electrons. The summed E-state index contributed by atoms with van der Waals surface area (Å²) in [5, 5.41) is 9.84. The zero-order valence-corrected chi connectivity index (χ0v) is 51.5. The average Bonchev–Trinajstić information content (AvgIpc) is 3.43. The van der Waals surface area contributed by atoms with Gasteiger partial charge in [-0.1, -0.05) is 262 Å². The zero-order chi connectivity index (χ0) is 56.9. The number of esters is 3. The van der Waals surface area contributed by atoms with Crippen LogP contribution in [0.3, 0.4) is 0 Å². The van der Waals surface area contributed by atoms with E-state index < -0.39 is 57.8 Å². The second-order valence-corrected chi connectivity index (χ2v) is 23.4. The lowest BCUT2D eigenvalue weighted by atomic mass is 10.0. The number of carbonyl (C=O) groups is 3. The normalized spacial score (nSPS) is 13.6. The fourth-order valence-corrected chi connectivity index (χ4v) is 10.0. The number of rotatable bonds is 61. The first kappa shape index (κ1) is 75.4. The number of carbonyl (C=O) groups excluding carboxylic acids is 3. The van der Waals surface area contributed by atoms with Crippen molar-refractivity contribution in [2.24, 2.45) is 0 Å². The van der Waals surface area contributed by atoms with Gasteiger partial charge in [-0.05, 0) is 83.5 Å². The highest BCUT2D eigenvalue weighted by Crippen LogP contribution is 2.43. The highest BCUT2D eigenvalue weighted by atomic mass is 31.2. The Balaban J connectivity index is 4.70. The van der Waals surface area contributed by atoms with Gasteiger partial charge in [0.1, 0.15) is 12.7 Å². The van der Waals surface area contributed by atoms with Crippen LogP contribution in [0.1, 0.15) is 316 Å².